The van der Waals surface area contributed by atoms with E-state index in [4.69, 9.17) is 11.6 Å². The molecule has 0 saturated carbocycles. The molecule has 132 valence electrons. The Balaban J connectivity index is 2.17. The number of hydrogen-bond acceptors (Lipinski definition) is 4. The molecule has 0 spiro atoms. The Morgan fingerprint density at radius 3 is 2.04 bits per heavy atom. The third kappa shape index (κ3) is 4.58. The van der Waals surface area contributed by atoms with Crippen LogP contribution >= 0.6 is 11.6 Å². The van der Waals surface area contributed by atoms with Crippen LogP contribution in [0.1, 0.15) is 34.1 Å². The normalized spacial score (nSPS) is 11.0. The Morgan fingerprint density at radius 2 is 1.44 bits per heavy atom. The smallest absolute Gasteiger partial charge is 0.267 e. The Hall–Kier alpha value is -2.38. The topological polar surface area (TPSA) is 92.3 Å². The second-order valence-electron chi connectivity index (χ2n) is 5.20. The molecule has 0 fully saturated rings. The van der Waals surface area contributed by atoms with E-state index in [-0.39, 0.29) is 26.8 Å². The summed E-state index contributed by atoms with van der Waals surface area (Å²) in [4.78, 5) is 24.3. The van der Waals surface area contributed by atoms with Crippen molar-refractivity contribution >= 4 is 33.3 Å². The number of sulfone groups is 1. The Bertz CT molecular complexity index is 897. The van der Waals surface area contributed by atoms with E-state index in [0.29, 0.717) is 6.42 Å². The number of carbonyl (C=O) groups is 2. The van der Waals surface area contributed by atoms with E-state index >= 15 is 0 Å². The van der Waals surface area contributed by atoms with Crippen LogP contribution in [0.2, 0.25) is 5.02 Å². The molecule has 2 N–H and O–H groups in total. The van der Waals surface area contributed by atoms with Crippen molar-refractivity contribution in [2.24, 2.45) is 0 Å². The lowest BCUT2D eigenvalue weighted by molar-refractivity contribution is 0.0845. The van der Waals surface area contributed by atoms with Crippen LogP contribution < -0.4 is 10.9 Å². The number of nitrogens with one attached hydrogen (secondary N) is 2. The van der Waals surface area contributed by atoms with Gasteiger partial charge in [-0.2, -0.15) is 0 Å². The molecule has 0 bridgehead atoms. The summed E-state index contributed by atoms with van der Waals surface area (Å²) in [6.07, 6.45) is 0.432. The molecule has 0 aliphatic heterocycles. The van der Waals surface area contributed by atoms with Crippen molar-refractivity contribution < 1.29 is 18.0 Å². The van der Waals surface area contributed by atoms with Crippen molar-refractivity contribution in [2.45, 2.75) is 18.2 Å². The number of rotatable bonds is 5. The quantitative estimate of drug-likeness (QED) is 0.780. The first kappa shape index (κ1) is 19.0. The fourth-order valence-electron chi connectivity index (χ4n) is 2.20. The minimum atomic E-state index is -3.58. The molecule has 25 heavy (non-hydrogen) atoms. The average molecular weight is 381 g/mol. The number of hydrogen-bond donors (Lipinski definition) is 2. The summed E-state index contributed by atoms with van der Waals surface area (Å²) in [7, 11) is -3.58. The van der Waals surface area contributed by atoms with E-state index in [1.165, 1.54) is 18.2 Å². The third-order valence-corrected chi connectivity index (χ3v) is 5.65. The second kappa shape index (κ2) is 8.13. The molecule has 0 saturated heterocycles. The zero-order valence-electron chi connectivity index (χ0n) is 13.5. The molecular formula is C17H17ClN2O4S. The molecule has 2 aromatic rings. The molecule has 6 nitrogen and oxygen atoms in total. The molecule has 0 heterocycles. The van der Waals surface area contributed by atoms with Gasteiger partial charge in [0.15, 0.2) is 9.84 Å². The summed E-state index contributed by atoms with van der Waals surface area (Å²) in [5, 5.41) is 0.236. The summed E-state index contributed by atoms with van der Waals surface area (Å²) in [6, 6.07) is 12.2. The summed E-state index contributed by atoms with van der Waals surface area (Å²) in [5.41, 5.74) is 4.61. The summed E-state index contributed by atoms with van der Waals surface area (Å²) in [5.74, 6) is -1.40. The van der Waals surface area contributed by atoms with Gasteiger partial charge in [-0.1, -0.05) is 42.8 Å². The van der Waals surface area contributed by atoms with E-state index in [0.717, 1.165) is 0 Å². The molecule has 0 aliphatic rings. The fourth-order valence-corrected chi connectivity index (χ4v) is 3.96. The Labute approximate surface area is 151 Å². The van der Waals surface area contributed by atoms with Crippen molar-refractivity contribution in [1.29, 1.82) is 0 Å². The second-order valence-corrected chi connectivity index (χ2v) is 7.69. The van der Waals surface area contributed by atoms with Crippen LogP contribution in [-0.2, 0) is 9.84 Å². The molecule has 0 radical (unpaired) electrons. The van der Waals surface area contributed by atoms with Crippen LogP contribution in [0.5, 0.6) is 0 Å². The van der Waals surface area contributed by atoms with E-state index < -0.39 is 21.7 Å². The van der Waals surface area contributed by atoms with Crippen LogP contribution in [0.15, 0.2) is 53.4 Å². The maximum Gasteiger partial charge on any atom is 0.271 e. The van der Waals surface area contributed by atoms with Gasteiger partial charge in [0.1, 0.15) is 0 Å². The largest absolute Gasteiger partial charge is 0.271 e. The highest BCUT2D eigenvalue weighted by Crippen LogP contribution is 2.18. The van der Waals surface area contributed by atoms with Crippen molar-refractivity contribution in [1.82, 2.24) is 10.9 Å². The van der Waals surface area contributed by atoms with Gasteiger partial charge < -0.3 is 0 Å². The van der Waals surface area contributed by atoms with Gasteiger partial charge in [-0.25, -0.2) is 8.42 Å². The zero-order valence-corrected chi connectivity index (χ0v) is 15.0. The number of benzene rings is 2. The van der Waals surface area contributed by atoms with E-state index in [1.807, 2.05) is 0 Å². The number of amides is 2. The van der Waals surface area contributed by atoms with Crippen LogP contribution in [0.25, 0.3) is 0 Å². The van der Waals surface area contributed by atoms with E-state index in [9.17, 15) is 18.0 Å². The molecule has 0 atom stereocenters. The minimum absolute atomic E-state index is 0.0320. The lowest BCUT2D eigenvalue weighted by Crippen LogP contribution is -2.42. The van der Waals surface area contributed by atoms with Crippen LogP contribution in [0.3, 0.4) is 0 Å². The summed E-state index contributed by atoms with van der Waals surface area (Å²) in [6.45, 7) is 1.74. The lowest BCUT2D eigenvalue weighted by atomic mass is 10.2. The Morgan fingerprint density at radius 1 is 0.920 bits per heavy atom. The number of hydrazine groups is 1. The fraction of sp³-hybridized carbons (Fsp3) is 0.176. The molecular weight excluding hydrogens is 364 g/mol. The first-order valence-corrected chi connectivity index (χ1v) is 9.57. The van der Waals surface area contributed by atoms with Crippen molar-refractivity contribution in [3.63, 3.8) is 0 Å². The Kier molecular flexibility index (Phi) is 6.17. The molecule has 2 aromatic carbocycles. The lowest BCUT2D eigenvalue weighted by Gasteiger charge is -2.11. The van der Waals surface area contributed by atoms with Gasteiger partial charge in [-0.05, 0) is 30.7 Å². The maximum atomic E-state index is 12.3. The summed E-state index contributed by atoms with van der Waals surface area (Å²) < 4.78 is 24.6. The van der Waals surface area contributed by atoms with Gasteiger partial charge >= 0.3 is 0 Å². The molecule has 0 aromatic heterocycles. The number of carbonyl (C=O) groups excluding carboxylic acids is 2. The van der Waals surface area contributed by atoms with Gasteiger partial charge in [-0.3, -0.25) is 20.4 Å². The van der Waals surface area contributed by atoms with Gasteiger partial charge in [0.25, 0.3) is 11.8 Å². The minimum Gasteiger partial charge on any atom is -0.267 e. The highest BCUT2D eigenvalue weighted by molar-refractivity contribution is 7.91. The van der Waals surface area contributed by atoms with Crippen LogP contribution in [-0.4, -0.2) is 26.0 Å². The van der Waals surface area contributed by atoms with Gasteiger partial charge in [-0.15, -0.1) is 0 Å². The maximum absolute atomic E-state index is 12.3. The molecule has 0 aliphatic carbocycles. The first-order valence-electron chi connectivity index (χ1n) is 7.54. The van der Waals surface area contributed by atoms with E-state index in [1.54, 1.807) is 37.3 Å². The van der Waals surface area contributed by atoms with Gasteiger partial charge in [0.2, 0.25) is 0 Å². The van der Waals surface area contributed by atoms with Gasteiger partial charge in [0.05, 0.1) is 26.8 Å². The predicted molar refractivity (Wildman–Crippen MR) is 95.2 cm³/mol. The van der Waals surface area contributed by atoms with Gasteiger partial charge in [0, 0.05) is 0 Å². The van der Waals surface area contributed by atoms with Crippen molar-refractivity contribution in [3.05, 3.63) is 64.7 Å². The van der Waals surface area contributed by atoms with Crippen LogP contribution in [0, 0.1) is 0 Å². The highest BCUT2D eigenvalue weighted by Gasteiger charge is 2.22. The van der Waals surface area contributed by atoms with E-state index in [2.05, 4.69) is 10.9 Å². The zero-order chi connectivity index (χ0) is 18.4. The molecule has 8 heteroatoms. The van der Waals surface area contributed by atoms with Crippen LogP contribution in [0.4, 0.5) is 0 Å². The summed E-state index contributed by atoms with van der Waals surface area (Å²) >= 11 is 5.92. The molecule has 0 unspecified atom stereocenters. The standard InChI is InChI=1S/C17H17ClN2O4S/c1-2-11-25(23,24)15-10-6-4-8-13(15)17(22)20-19-16(21)12-7-3-5-9-14(12)18/h3-10H,2,11H2,1H3,(H,19,21)(H,20,22). The number of halogens is 1. The highest BCUT2D eigenvalue weighted by atomic mass is 35.5. The third-order valence-electron chi connectivity index (χ3n) is 3.35. The first-order chi connectivity index (χ1) is 11.9. The average Bonchev–Trinajstić information content (AvgIpc) is 2.59. The van der Waals surface area contributed by atoms with Crippen molar-refractivity contribution in [2.75, 3.05) is 5.75 Å². The molecule has 2 amide bonds. The van der Waals surface area contributed by atoms with Crippen molar-refractivity contribution in [3.8, 4) is 0 Å². The monoisotopic (exact) mass is 380 g/mol. The predicted octanol–water partition coefficient (Wildman–Crippen LogP) is 2.60. The SMILES string of the molecule is CCCS(=O)(=O)c1ccccc1C(=O)NNC(=O)c1ccccc1Cl. The molecule has 2 rings (SSSR count).